The SMILES string of the molecule is Cc1noc(C)c1CN1C[C@@H]2CC[C@H](C1)N(C(=O)c1cc(Cl)ccc1O)C2. The second-order valence-corrected chi connectivity index (χ2v) is 8.15. The fourth-order valence-corrected chi connectivity index (χ4v) is 4.51. The van der Waals surface area contributed by atoms with Crippen molar-refractivity contribution in [3.8, 4) is 5.75 Å². The Morgan fingerprint density at radius 3 is 2.85 bits per heavy atom. The van der Waals surface area contributed by atoms with Gasteiger partial charge < -0.3 is 14.5 Å². The van der Waals surface area contributed by atoms with Crippen LogP contribution in [0.15, 0.2) is 22.7 Å². The van der Waals surface area contributed by atoms with E-state index in [1.54, 1.807) is 12.1 Å². The molecule has 2 aromatic rings. The first kappa shape index (κ1) is 18.3. The van der Waals surface area contributed by atoms with Crippen molar-refractivity contribution in [3.05, 3.63) is 45.8 Å². The van der Waals surface area contributed by atoms with E-state index in [0.717, 1.165) is 49.5 Å². The molecule has 1 amide bonds. The monoisotopic (exact) mass is 389 g/mol. The van der Waals surface area contributed by atoms with Gasteiger partial charge in [-0.2, -0.15) is 0 Å². The zero-order chi connectivity index (χ0) is 19.1. The average molecular weight is 390 g/mol. The molecule has 3 saturated heterocycles. The van der Waals surface area contributed by atoms with Crippen molar-refractivity contribution in [2.45, 2.75) is 39.3 Å². The number of carbonyl (C=O) groups is 1. The Labute approximate surface area is 163 Å². The first-order valence-electron chi connectivity index (χ1n) is 9.36. The van der Waals surface area contributed by atoms with E-state index >= 15 is 0 Å². The van der Waals surface area contributed by atoms with Crippen LogP contribution in [0.5, 0.6) is 5.75 Å². The molecule has 1 aromatic carbocycles. The first-order chi connectivity index (χ1) is 12.9. The van der Waals surface area contributed by atoms with Gasteiger partial charge in [0.15, 0.2) is 0 Å². The summed E-state index contributed by atoms with van der Waals surface area (Å²) in [5.74, 6) is 1.14. The molecule has 5 rings (SSSR count). The van der Waals surface area contributed by atoms with Crippen LogP contribution in [0.2, 0.25) is 5.02 Å². The number of nitrogens with zero attached hydrogens (tertiary/aromatic N) is 3. The Hall–Kier alpha value is -2.05. The minimum Gasteiger partial charge on any atom is -0.507 e. The van der Waals surface area contributed by atoms with E-state index in [1.165, 1.54) is 6.07 Å². The molecule has 1 aromatic heterocycles. The van der Waals surface area contributed by atoms with E-state index in [1.807, 2.05) is 18.7 Å². The van der Waals surface area contributed by atoms with Gasteiger partial charge in [-0.3, -0.25) is 9.69 Å². The number of phenolic OH excluding ortho intramolecular Hbond substituents is 1. The van der Waals surface area contributed by atoms with Crippen molar-refractivity contribution < 1.29 is 14.4 Å². The number of phenols is 1. The topological polar surface area (TPSA) is 69.8 Å². The Morgan fingerprint density at radius 1 is 1.30 bits per heavy atom. The van der Waals surface area contributed by atoms with Gasteiger partial charge in [-0.1, -0.05) is 16.8 Å². The fourth-order valence-electron chi connectivity index (χ4n) is 4.34. The Balaban J connectivity index is 1.54. The molecule has 144 valence electrons. The van der Waals surface area contributed by atoms with Gasteiger partial charge in [0, 0.05) is 42.8 Å². The van der Waals surface area contributed by atoms with Crippen LogP contribution in [-0.2, 0) is 6.54 Å². The normalized spacial score (nSPS) is 22.9. The quantitative estimate of drug-likeness (QED) is 0.871. The van der Waals surface area contributed by atoms with Gasteiger partial charge in [-0.25, -0.2) is 0 Å². The molecular formula is C20H24ClN3O3. The third kappa shape index (κ3) is 3.56. The van der Waals surface area contributed by atoms with Crippen LogP contribution in [0.3, 0.4) is 0 Å². The summed E-state index contributed by atoms with van der Waals surface area (Å²) in [6.45, 7) is 7.18. The Bertz CT molecular complexity index is 847. The van der Waals surface area contributed by atoms with E-state index in [2.05, 4.69) is 10.1 Å². The molecule has 0 radical (unpaired) electrons. The van der Waals surface area contributed by atoms with E-state index in [-0.39, 0.29) is 23.3 Å². The van der Waals surface area contributed by atoms with Gasteiger partial charge >= 0.3 is 0 Å². The number of aromatic hydroxyl groups is 1. The highest BCUT2D eigenvalue weighted by atomic mass is 35.5. The predicted octanol–water partition coefficient (Wildman–Crippen LogP) is 3.39. The number of piperidine rings is 1. The molecule has 0 unspecified atom stereocenters. The molecule has 2 bridgehead atoms. The predicted molar refractivity (Wildman–Crippen MR) is 102 cm³/mol. The van der Waals surface area contributed by atoms with Crippen LogP contribution >= 0.6 is 11.6 Å². The summed E-state index contributed by atoms with van der Waals surface area (Å²) in [5, 5.41) is 14.6. The minimum atomic E-state index is -0.135. The van der Waals surface area contributed by atoms with Crippen LogP contribution in [0.25, 0.3) is 0 Å². The lowest BCUT2D eigenvalue weighted by Crippen LogP contribution is -2.47. The number of hydrogen-bond acceptors (Lipinski definition) is 5. The fraction of sp³-hybridized carbons (Fsp3) is 0.500. The smallest absolute Gasteiger partial charge is 0.257 e. The summed E-state index contributed by atoms with van der Waals surface area (Å²) >= 11 is 6.04. The molecule has 4 heterocycles. The molecule has 3 aliphatic heterocycles. The van der Waals surface area contributed by atoms with E-state index in [9.17, 15) is 9.90 Å². The number of aryl methyl sites for hydroxylation is 2. The summed E-state index contributed by atoms with van der Waals surface area (Å²) in [4.78, 5) is 17.4. The van der Waals surface area contributed by atoms with Gasteiger partial charge in [0.1, 0.15) is 11.5 Å². The van der Waals surface area contributed by atoms with Crippen LogP contribution in [-0.4, -0.2) is 51.6 Å². The molecule has 3 aliphatic rings. The summed E-state index contributed by atoms with van der Waals surface area (Å²) < 4.78 is 5.30. The number of amides is 1. The molecule has 7 heteroatoms. The number of carbonyl (C=O) groups excluding carboxylic acids is 1. The van der Waals surface area contributed by atoms with Crippen molar-refractivity contribution in [3.63, 3.8) is 0 Å². The molecular weight excluding hydrogens is 366 g/mol. The Morgan fingerprint density at radius 2 is 2.11 bits per heavy atom. The minimum absolute atomic E-state index is 0.0166. The molecule has 6 nitrogen and oxygen atoms in total. The molecule has 2 atom stereocenters. The highest BCUT2D eigenvalue weighted by Crippen LogP contribution is 2.32. The number of hydrogen-bond donors (Lipinski definition) is 1. The van der Waals surface area contributed by atoms with Crippen LogP contribution in [0.1, 0.15) is 40.2 Å². The Kier molecular flexibility index (Phi) is 4.86. The van der Waals surface area contributed by atoms with Crippen molar-refractivity contribution in [1.29, 1.82) is 0 Å². The number of halogens is 1. The van der Waals surface area contributed by atoms with Gasteiger partial charge in [-0.05, 0) is 50.8 Å². The highest BCUT2D eigenvalue weighted by molar-refractivity contribution is 6.31. The van der Waals surface area contributed by atoms with Crippen LogP contribution in [0, 0.1) is 19.8 Å². The molecule has 0 aliphatic carbocycles. The van der Waals surface area contributed by atoms with E-state index in [4.69, 9.17) is 16.1 Å². The van der Waals surface area contributed by atoms with Crippen LogP contribution < -0.4 is 0 Å². The van der Waals surface area contributed by atoms with E-state index < -0.39 is 0 Å². The number of fused-ring (bicyclic) bond motifs is 4. The lowest BCUT2D eigenvalue weighted by atomic mass is 9.94. The number of benzene rings is 1. The summed E-state index contributed by atoms with van der Waals surface area (Å²) in [6, 6.07) is 4.76. The number of aromatic nitrogens is 1. The second-order valence-electron chi connectivity index (χ2n) is 7.71. The summed E-state index contributed by atoms with van der Waals surface area (Å²) in [6.07, 6.45) is 2.10. The largest absolute Gasteiger partial charge is 0.507 e. The van der Waals surface area contributed by atoms with Gasteiger partial charge in [0.05, 0.1) is 11.3 Å². The summed E-state index contributed by atoms with van der Waals surface area (Å²) in [5.41, 5.74) is 2.36. The zero-order valence-electron chi connectivity index (χ0n) is 15.6. The molecule has 27 heavy (non-hydrogen) atoms. The molecule has 0 saturated carbocycles. The van der Waals surface area contributed by atoms with Crippen molar-refractivity contribution in [2.75, 3.05) is 19.6 Å². The summed E-state index contributed by atoms with van der Waals surface area (Å²) in [7, 11) is 0. The maximum absolute atomic E-state index is 13.1. The van der Waals surface area contributed by atoms with Crippen molar-refractivity contribution in [1.82, 2.24) is 15.0 Å². The van der Waals surface area contributed by atoms with Gasteiger partial charge in [-0.15, -0.1) is 0 Å². The second kappa shape index (κ2) is 7.17. The van der Waals surface area contributed by atoms with Crippen molar-refractivity contribution >= 4 is 17.5 Å². The molecule has 3 fully saturated rings. The maximum atomic E-state index is 13.1. The van der Waals surface area contributed by atoms with Crippen molar-refractivity contribution in [2.24, 2.45) is 5.92 Å². The van der Waals surface area contributed by atoms with Gasteiger partial charge in [0.2, 0.25) is 0 Å². The lowest BCUT2D eigenvalue weighted by molar-refractivity contribution is 0.0582. The van der Waals surface area contributed by atoms with E-state index in [0.29, 0.717) is 17.5 Å². The third-order valence-corrected chi connectivity index (χ3v) is 6.04. The first-order valence-corrected chi connectivity index (χ1v) is 9.73. The maximum Gasteiger partial charge on any atom is 0.257 e. The highest BCUT2D eigenvalue weighted by Gasteiger charge is 2.38. The average Bonchev–Trinajstić information content (AvgIpc) is 2.83. The third-order valence-electron chi connectivity index (χ3n) is 5.80. The standard InChI is InChI=1S/C20H24ClN3O3/c1-12-18(13(2)27-22-12)11-23-8-14-3-5-16(10-23)24(9-14)20(26)17-7-15(21)4-6-19(17)25/h4,6-7,14,16,25H,3,5,8-11H2,1-2H3/t14-,16+/m0/s1. The van der Waals surface area contributed by atoms with Gasteiger partial charge in [0.25, 0.3) is 5.91 Å². The zero-order valence-corrected chi connectivity index (χ0v) is 16.4. The molecule has 0 spiro atoms. The number of rotatable bonds is 3. The van der Waals surface area contributed by atoms with Crippen LogP contribution in [0.4, 0.5) is 0 Å². The lowest BCUT2D eigenvalue weighted by Gasteiger charge is -2.36. The molecule has 1 N–H and O–H groups in total.